The highest BCUT2D eigenvalue weighted by Crippen LogP contribution is 2.46. The second-order valence-electron chi connectivity index (χ2n) is 10.7. The Labute approximate surface area is 223 Å². The van der Waals surface area contributed by atoms with Crippen LogP contribution in [0.3, 0.4) is 0 Å². The Bertz CT molecular complexity index is 888. The minimum Gasteiger partial charge on any atom is -0.353 e. The van der Waals surface area contributed by atoms with Gasteiger partial charge in [0.15, 0.2) is 6.23 Å². The third-order valence-electron chi connectivity index (χ3n) is 7.58. The number of carbonyl (C=O) groups excluding carboxylic acids is 3. The number of imide groups is 1. The van der Waals surface area contributed by atoms with Crippen LogP contribution in [0.1, 0.15) is 91.3 Å². The lowest BCUT2D eigenvalue weighted by Gasteiger charge is -2.53. The molecule has 1 aliphatic rings. The van der Waals surface area contributed by atoms with E-state index in [4.69, 9.17) is 4.74 Å². The minimum atomic E-state index is -0.798. The Balaban J connectivity index is 2.06. The average Bonchev–Trinajstić information content (AvgIpc) is 2.84. The fourth-order valence-electron chi connectivity index (χ4n) is 5.24. The van der Waals surface area contributed by atoms with Crippen molar-refractivity contribution in [3.8, 4) is 0 Å². The molecule has 0 radical (unpaired) electrons. The van der Waals surface area contributed by atoms with Crippen molar-refractivity contribution in [1.82, 2.24) is 20.4 Å². The second kappa shape index (κ2) is 13.9. The summed E-state index contributed by atoms with van der Waals surface area (Å²) < 4.78 is 5.98. The minimum absolute atomic E-state index is 0.205. The number of nitrogens with one attached hydrogen (secondary N) is 2. The van der Waals surface area contributed by atoms with E-state index in [0.29, 0.717) is 31.5 Å². The molecule has 2 unspecified atom stereocenters. The number of nitrogens with zero attached hydrogens (tertiary/aromatic N) is 2. The molecule has 4 amide bonds. The number of benzene rings is 1. The molecule has 1 heterocycles. The molecule has 208 valence electrons. The van der Waals surface area contributed by atoms with Crippen LogP contribution < -0.4 is 10.6 Å². The monoisotopic (exact) mass is 516 g/mol. The first-order chi connectivity index (χ1) is 17.5. The number of likely N-dealkylation sites (tertiary alicyclic amines) is 1. The van der Waals surface area contributed by atoms with Gasteiger partial charge >= 0.3 is 6.03 Å². The van der Waals surface area contributed by atoms with Crippen molar-refractivity contribution in [2.75, 3.05) is 19.7 Å². The number of urea groups is 1. The van der Waals surface area contributed by atoms with E-state index in [0.717, 1.165) is 35.4 Å². The Morgan fingerprint density at radius 1 is 1.05 bits per heavy atom. The smallest absolute Gasteiger partial charge is 0.326 e. The summed E-state index contributed by atoms with van der Waals surface area (Å²) in [4.78, 5) is 42.6. The van der Waals surface area contributed by atoms with E-state index in [-0.39, 0.29) is 24.5 Å². The lowest BCUT2D eigenvalue weighted by atomic mass is 9.72. The van der Waals surface area contributed by atoms with Crippen molar-refractivity contribution in [2.45, 2.75) is 105 Å². The molecule has 2 N–H and O–H groups in total. The number of amides is 4. The molecular weight excluding hydrogens is 468 g/mol. The zero-order valence-corrected chi connectivity index (χ0v) is 24.1. The molecule has 8 heteroatoms. The summed E-state index contributed by atoms with van der Waals surface area (Å²) in [7, 11) is 0. The molecule has 0 bridgehead atoms. The summed E-state index contributed by atoms with van der Waals surface area (Å²) in [5, 5.41) is 5.95. The summed E-state index contributed by atoms with van der Waals surface area (Å²) in [6.07, 6.45) is 1.93. The number of β-lactam (4-membered cyclic amide) rings is 1. The predicted octanol–water partition coefficient (Wildman–Crippen LogP) is 4.77. The normalized spacial score (nSPS) is 17.8. The fourth-order valence-corrected chi connectivity index (χ4v) is 5.24. The highest BCUT2D eigenvalue weighted by molar-refractivity contribution is 6.03. The molecule has 1 saturated heterocycles. The topological polar surface area (TPSA) is 91.0 Å². The summed E-state index contributed by atoms with van der Waals surface area (Å²) in [6.45, 7) is 17.5. The molecule has 0 saturated carbocycles. The quantitative estimate of drug-likeness (QED) is 0.348. The van der Waals surface area contributed by atoms with Crippen molar-refractivity contribution < 1.29 is 19.1 Å². The van der Waals surface area contributed by atoms with Gasteiger partial charge in [0.2, 0.25) is 11.8 Å². The number of carbonyl (C=O) groups is 3. The van der Waals surface area contributed by atoms with Crippen LogP contribution in [0.25, 0.3) is 0 Å². The van der Waals surface area contributed by atoms with Crippen LogP contribution in [-0.2, 0) is 14.3 Å². The van der Waals surface area contributed by atoms with Crippen LogP contribution in [0.4, 0.5) is 4.79 Å². The highest BCUT2D eigenvalue weighted by Gasteiger charge is 2.62. The van der Waals surface area contributed by atoms with Gasteiger partial charge in [-0.1, -0.05) is 57.0 Å². The average molecular weight is 517 g/mol. The summed E-state index contributed by atoms with van der Waals surface area (Å²) >= 11 is 0. The highest BCUT2D eigenvalue weighted by atomic mass is 16.5. The third kappa shape index (κ3) is 7.32. The van der Waals surface area contributed by atoms with E-state index in [1.54, 1.807) is 0 Å². The van der Waals surface area contributed by atoms with E-state index < -0.39 is 17.7 Å². The van der Waals surface area contributed by atoms with Crippen molar-refractivity contribution in [1.29, 1.82) is 0 Å². The first-order valence-corrected chi connectivity index (χ1v) is 13.9. The lowest BCUT2D eigenvalue weighted by Crippen LogP contribution is -2.72. The van der Waals surface area contributed by atoms with Gasteiger partial charge in [-0.05, 0) is 59.4 Å². The largest absolute Gasteiger partial charge is 0.353 e. The van der Waals surface area contributed by atoms with Crippen LogP contribution in [0.2, 0.25) is 0 Å². The van der Waals surface area contributed by atoms with E-state index in [2.05, 4.69) is 50.2 Å². The zero-order valence-electron chi connectivity index (χ0n) is 24.1. The molecule has 37 heavy (non-hydrogen) atoms. The van der Waals surface area contributed by atoms with Crippen LogP contribution in [0.5, 0.6) is 0 Å². The van der Waals surface area contributed by atoms with Gasteiger partial charge in [0.25, 0.3) is 0 Å². The fraction of sp³-hybridized carbons (Fsp3) is 0.690. The maximum Gasteiger partial charge on any atom is 0.326 e. The van der Waals surface area contributed by atoms with Crippen LogP contribution in [-0.4, -0.2) is 65.7 Å². The molecular formula is C29H48N4O4. The van der Waals surface area contributed by atoms with Crippen molar-refractivity contribution in [3.63, 3.8) is 0 Å². The van der Waals surface area contributed by atoms with Gasteiger partial charge in [0, 0.05) is 25.2 Å². The van der Waals surface area contributed by atoms with Gasteiger partial charge in [-0.25, -0.2) is 9.69 Å². The molecule has 2 rings (SSSR count). The Kier molecular flexibility index (Phi) is 11.6. The van der Waals surface area contributed by atoms with E-state index >= 15 is 0 Å². The van der Waals surface area contributed by atoms with Crippen molar-refractivity contribution in [3.05, 3.63) is 35.4 Å². The lowest BCUT2D eigenvalue weighted by molar-refractivity contribution is -0.210. The standard InChI is InChI=1S/C29H48N4O4/c1-9-12-24(23-15-13-22(8)14-16-23)31-28(36)33-26(35)29(10-2,11-3)27(33)37-19-25(34)30-17-18-32(20(4)5)21(6)7/h13-16,20-21,24,27H,9-12,17-19H2,1-8H3,(H,30,34)(H,31,36). The first-order valence-electron chi connectivity index (χ1n) is 13.9. The van der Waals surface area contributed by atoms with Crippen molar-refractivity contribution in [2.24, 2.45) is 5.41 Å². The van der Waals surface area contributed by atoms with Crippen LogP contribution in [0, 0.1) is 12.3 Å². The Morgan fingerprint density at radius 2 is 1.65 bits per heavy atom. The number of rotatable bonds is 14. The number of ether oxygens (including phenoxy) is 1. The first kappa shape index (κ1) is 30.8. The van der Waals surface area contributed by atoms with Gasteiger partial charge in [0.1, 0.15) is 6.61 Å². The van der Waals surface area contributed by atoms with Gasteiger partial charge in [0.05, 0.1) is 11.5 Å². The third-order valence-corrected chi connectivity index (χ3v) is 7.58. The number of aryl methyl sites for hydroxylation is 1. The Hall–Kier alpha value is -2.45. The maximum atomic E-state index is 13.3. The molecule has 1 aromatic carbocycles. The van der Waals surface area contributed by atoms with Gasteiger partial charge in [-0.15, -0.1) is 0 Å². The van der Waals surface area contributed by atoms with Gasteiger partial charge in [-0.2, -0.15) is 0 Å². The summed E-state index contributed by atoms with van der Waals surface area (Å²) in [5.41, 5.74) is 1.35. The van der Waals surface area contributed by atoms with E-state index in [9.17, 15) is 14.4 Å². The molecule has 2 atom stereocenters. The number of hydrogen-bond donors (Lipinski definition) is 2. The van der Waals surface area contributed by atoms with Crippen molar-refractivity contribution >= 4 is 17.8 Å². The maximum absolute atomic E-state index is 13.3. The van der Waals surface area contributed by atoms with Crippen LogP contribution in [0.15, 0.2) is 24.3 Å². The number of hydrogen-bond acceptors (Lipinski definition) is 5. The summed E-state index contributed by atoms with van der Waals surface area (Å²) in [5.74, 6) is -0.499. The molecule has 0 aliphatic carbocycles. The van der Waals surface area contributed by atoms with E-state index in [1.807, 2.05) is 45.0 Å². The molecule has 8 nitrogen and oxygen atoms in total. The molecule has 1 aliphatic heterocycles. The summed E-state index contributed by atoms with van der Waals surface area (Å²) in [6, 6.07) is 8.13. The van der Waals surface area contributed by atoms with Crippen LogP contribution >= 0.6 is 0 Å². The molecule has 0 spiro atoms. The molecule has 1 aromatic rings. The zero-order chi connectivity index (χ0) is 27.8. The van der Waals surface area contributed by atoms with Gasteiger partial charge < -0.3 is 15.4 Å². The SMILES string of the molecule is CCCC(NC(=O)N1C(=O)C(CC)(CC)C1OCC(=O)NCCN(C(C)C)C(C)C)c1ccc(C)cc1. The Morgan fingerprint density at radius 3 is 2.16 bits per heavy atom. The van der Waals surface area contributed by atoms with Gasteiger partial charge in [-0.3, -0.25) is 14.5 Å². The van der Waals surface area contributed by atoms with E-state index in [1.165, 1.54) is 0 Å². The molecule has 0 aromatic heterocycles. The second-order valence-corrected chi connectivity index (χ2v) is 10.7. The predicted molar refractivity (Wildman–Crippen MR) is 147 cm³/mol. The molecule has 1 fully saturated rings.